The minimum atomic E-state index is -0.0785. The number of carbonyl (C=O) groups is 1. The number of aromatic nitrogens is 2. The molecule has 118 valence electrons. The van der Waals surface area contributed by atoms with Crippen molar-refractivity contribution >= 4 is 22.4 Å². The summed E-state index contributed by atoms with van der Waals surface area (Å²) in [5.41, 5.74) is 3.00. The third-order valence-corrected chi connectivity index (χ3v) is 3.68. The van der Waals surface area contributed by atoms with Gasteiger partial charge in [0.15, 0.2) is 0 Å². The van der Waals surface area contributed by atoms with Crippen molar-refractivity contribution in [3.8, 4) is 0 Å². The number of fused-ring (bicyclic) bond motifs is 1. The smallest absolute Gasteiger partial charge is 0.292 e. The van der Waals surface area contributed by atoms with E-state index in [0.717, 1.165) is 27.6 Å². The maximum Gasteiger partial charge on any atom is 0.292 e. The summed E-state index contributed by atoms with van der Waals surface area (Å²) in [5.74, 6) is -0.0785. The van der Waals surface area contributed by atoms with Gasteiger partial charge in [-0.3, -0.25) is 4.79 Å². The largest absolute Gasteiger partial charge is 1.00 e. The van der Waals surface area contributed by atoms with Gasteiger partial charge in [-0.05, 0) is 36.1 Å². The standard InChI is InChI=1S/C18H17N3O.HI/c1-13-6-5-7-14(2)18(13)20-17(22)12-21-11-16-9-4-3-8-15(16)10-19-21;/h3-11H,12H2,1-2H3;1H. The van der Waals surface area contributed by atoms with E-state index in [0.29, 0.717) is 0 Å². The SMILES string of the molecule is Cc1cccc(C)c1NC(=O)C[n+]1cc2ccccc2cn1.[I-]. The highest BCUT2D eigenvalue weighted by molar-refractivity contribution is 5.91. The number of carbonyl (C=O) groups excluding carboxylic acids is 1. The van der Waals surface area contributed by atoms with Crippen LogP contribution in [0.5, 0.6) is 0 Å². The second kappa shape index (κ2) is 7.50. The van der Waals surface area contributed by atoms with E-state index in [2.05, 4.69) is 10.4 Å². The third kappa shape index (κ3) is 4.04. The van der Waals surface area contributed by atoms with E-state index in [9.17, 15) is 4.79 Å². The second-order valence-corrected chi connectivity index (χ2v) is 5.42. The van der Waals surface area contributed by atoms with E-state index in [1.165, 1.54) is 0 Å². The van der Waals surface area contributed by atoms with Crippen molar-refractivity contribution < 1.29 is 33.5 Å². The quantitative estimate of drug-likeness (QED) is 0.472. The summed E-state index contributed by atoms with van der Waals surface area (Å²) >= 11 is 0. The lowest BCUT2D eigenvalue weighted by Gasteiger charge is -2.09. The van der Waals surface area contributed by atoms with Crippen LogP contribution in [0.2, 0.25) is 0 Å². The first-order valence-corrected chi connectivity index (χ1v) is 7.24. The highest BCUT2D eigenvalue weighted by atomic mass is 127. The summed E-state index contributed by atoms with van der Waals surface area (Å²) in [6.07, 6.45) is 3.67. The molecule has 0 aliphatic carbocycles. The molecule has 0 atom stereocenters. The van der Waals surface area contributed by atoms with Gasteiger partial charge in [0.25, 0.3) is 12.5 Å². The number of nitrogens with one attached hydrogen (secondary N) is 1. The zero-order valence-electron chi connectivity index (χ0n) is 13.1. The van der Waals surface area contributed by atoms with Crippen LogP contribution in [0.4, 0.5) is 5.69 Å². The minimum Gasteiger partial charge on any atom is -1.00 e. The normalized spacial score (nSPS) is 10.2. The van der Waals surface area contributed by atoms with Gasteiger partial charge >= 0.3 is 0 Å². The fourth-order valence-electron chi connectivity index (χ4n) is 2.50. The van der Waals surface area contributed by atoms with E-state index in [1.54, 1.807) is 10.9 Å². The Balaban J connectivity index is 0.00000192. The van der Waals surface area contributed by atoms with Crippen LogP contribution in [0.25, 0.3) is 10.8 Å². The number of hydrogen-bond acceptors (Lipinski definition) is 2. The number of nitrogens with zero attached hydrogens (tertiary/aromatic N) is 2. The molecule has 0 fully saturated rings. The van der Waals surface area contributed by atoms with Gasteiger partial charge in [-0.1, -0.05) is 41.1 Å². The minimum absolute atomic E-state index is 0. The molecule has 0 saturated carbocycles. The fraction of sp³-hybridized carbons (Fsp3) is 0.167. The van der Waals surface area contributed by atoms with Gasteiger partial charge < -0.3 is 29.3 Å². The lowest BCUT2D eigenvalue weighted by atomic mass is 10.1. The van der Waals surface area contributed by atoms with Crippen LogP contribution < -0.4 is 34.0 Å². The van der Waals surface area contributed by atoms with Crippen molar-refractivity contribution in [3.05, 3.63) is 66.0 Å². The summed E-state index contributed by atoms with van der Waals surface area (Å²) in [5, 5.41) is 9.40. The molecule has 4 nitrogen and oxygen atoms in total. The Labute approximate surface area is 152 Å². The molecule has 0 saturated heterocycles. The van der Waals surface area contributed by atoms with E-state index in [1.807, 2.05) is 62.5 Å². The van der Waals surface area contributed by atoms with Gasteiger partial charge in [0.2, 0.25) is 6.20 Å². The van der Waals surface area contributed by atoms with Crippen LogP contribution in [0.15, 0.2) is 54.9 Å². The Bertz CT molecular complexity index is 828. The number of aryl methyl sites for hydroxylation is 2. The number of anilines is 1. The molecule has 3 rings (SSSR count). The van der Waals surface area contributed by atoms with Crippen molar-refractivity contribution in [1.82, 2.24) is 5.10 Å². The summed E-state index contributed by atoms with van der Waals surface area (Å²) in [6, 6.07) is 13.9. The van der Waals surface area contributed by atoms with Gasteiger partial charge in [0, 0.05) is 16.5 Å². The molecule has 2 aromatic carbocycles. The number of benzene rings is 2. The molecule has 5 heteroatoms. The van der Waals surface area contributed by atoms with Gasteiger partial charge in [0.05, 0.1) is 0 Å². The number of hydrogen-bond donors (Lipinski definition) is 1. The van der Waals surface area contributed by atoms with Crippen LogP contribution in [0, 0.1) is 13.8 Å². The molecular formula is C18H18IN3O. The second-order valence-electron chi connectivity index (χ2n) is 5.42. The predicted molar refractivity (Wildman–Crippen MR) is 86.5 cm³/mol. The Morgan fingerprint density at radius 2 is 1.70 bits per heavy atom. The Morgan fingerprint density at radius 3 is 2.39 bits per heavy atom. The Kier molecular flexibility index (Phi) is 5.65. The van der Waals surface area contributed by atoms with Crippen LogP contribution in [-0.4, -0.2) is 11.0 Å². The summed E-state index contributed by atoms with van der Waals surface area (Å²) in [4.78, 5) is 12.3. The molecule has 0 spiro atoms. The molecule has 1 N–H and O–H groups in total. The van der Waals surface area contributed by atoms with Crippen LogP contribution >= 0.6 is 0 Å². The van der Waals surface area contributed by atoms with Crippen molar-refractivity contribution in [2.45, 2.75) is 20.4 Å². The lowest BCUT2D eigenvalue weighted by Crippen LogP contribution is -3.00. The summed E-state index contributed by atoms with van der Waals surface area (Å²) in [6.45, 7) is 4.17. The topological polar surface area (TPSA) is 45.9 Å². The average molecular weight is 419 g/mol. The molecule has 0 unspecified atom stereocenters. The average Bonchev–Trinajstić information content (AvgIpc) is 2.51. The number of para-hydroxylation sites is 1. The summed E-state index contributed by atoms with van der Waals surface area (Å²) < 4.78 is 1.66. The molecule has 1 aromatic heterocycles. The van der Waals surface area contributed by atoms with Gasteiger partial charge in [-0.2, -0.15) is 0 Å². The first-order valence-electron chi connectivity index (χ1n) is 7.24. The predicted octanol–water partition coefficient (Wildman–Crippen LogP) is -0.218. The van der Waals surface area contributed by atoms with Crippen molar-refractivity contribution in [2.24, 2.45) is 0 Å². The molecule has 0 aliphatic heterocycles. The maximum absolute atomic E-state index is 12.3. The van der Waals surface area contributed by atoms with E-state index in [4.69, 9.17) is 0 Å². The highest BCUT2D eigenvalue weighted by Gasteiger charge is 2.14. The number of halogens is 1. The maximum atomic E-state index is 12.3. The van der Waals surface area contributed by atoms with Crippen LogP contribution in [0.1, 0.15) is 11.1 Å². The number of amides is 1. The first-order chi connectivity index (χ1) is 10.6. The molecule has 0 bridgehead atoms. The molecule has 1 heterocycles. The molecular weight excluding hydrogens is 401 g/mol. The van der Waals surface area contributed by atoms with Gasteiger partial charge in [-0.25, -0.2) is 0 Å². The van der Waals surface area contributed by atoms with Crippen molar-refractivity contribution in [2.75, 3.05) is 5.32 Å². The lowest BCUT2D eigenvalue weighted by molar-refractivity contribution is -0.740. The molecule has 0 aliphatic rings. The monoisotopic (exact) mass is 419 g/mol. The zero-order valence-corrected chi connectivity index (χ0v) is 15.2. The zero-order chi connectivity index (χ0) is 15.5. The Morgan fingerprint density at radius 1 is 1.04 bits per heavy atom. The molecule has 1 amide bonds. The third-order valence-electron chi connectivity index (χ3n) is 3.68. The van der Waals surface area contributed by atoms with E-state index in [-0.39, 0.29) is 36.4 Å². The van der Waals surface area contributed by atoms with E-state index < -0.39 is 0 Å². The van der Waals surface area contributed by atoms with Gasteiger partial charge in [-0.15, -0.1) is 0 Å². The van der Waals surface area contributed by atoms with Crippen LogP contribution in [-0.2, 0) is 11.3 Å². The van der Waals surface area contributed by atoms with Crippen molar-refractivity contribution in [1.29, 1.82) is 0 Å². The first kappa shape index (κ1) is 17.3. The molecule has 3 aromatic rings. The van der Waals surface area contributed by atoms with Crippen molar-refractivity contribution in [3.63, 3.8) is 0 Å². The Hall–Kier alpha value is -2.02. The molecule has 23 heavy (non-hydrogen) atoms. The summed E-state index contributed by atoms with van der Waals surface area (Å²) in [7, 11) is 0. The fourth-order valence-corrected chi connectivity index (χ4v) is 2.50. The molecule has 0 radical (unpaired) electrons. The number of rotatable bonds is 3. The highest BCUT2D eigenvalue weighted by Crippen LogP contribution is 2.19. The van der Waals surface area contributed by atoms with Crippen LogP contribution in [0.3, 0.4) is 0 Å². The van der Waals surface area contributed by atoms with Gasteiger partial charge in [0.1, 0.15) is 6.20 Å². The van der Waals surface area contributed by atoms with E-state index >= 15 is 0 Å².